The first-order chi connectivity index (χ1) is 14.7. The van der Waals surface area contributed by atoms with Gasteiger partial charge in [-0.05, 0) is 53.6 Å². The lowest BCUT2D eigenvalue weighted by molar-refractivity contribution is 0.0950. The predicted molar refractivity (Wildman–Crippen MR) is 112 cm³/mol. The van der Waals surface area contributed by atoms with Gasteiger partial charge in [-0.25, -0.2) is 0 Å². The van der Waals surface area contributed by atoms with E-state index in [0.717, 1.165) is 11.1 Å². The van der Waals surface area contributed by atoms with E-state index in [1.54, 1.807) is 42.6 Å². The maximum atomic E-state index is 12.5. The van der Waals surface area contributed by atoms with Gasteiger partial charge in [-0.2, -0.15) is 5.10 Å². The van der Waals surface area contributed by atoms with Gasteiger partial charge < -0.3 is 15.1 Å². The first-order valence-electron chi connectivity index (χ1n) is 9.46. The van der Waals surface area contributed by atoms with Gasteiger partial charge in [0.05, 0.1) is 12.8 Å². The molecule has 0 spiro atoms. The number of benzene rings is 2. The van der Waals surface area contributed by atoms with Crippen LogP contribution < -0.4 is 10.6 Å². The van der Waals surface area contributed by atoms with E-state index in [-0.39, 0.29) is 17.6 Å². The minimum Gasteiger partial charge on any atom is -0.459 e. The number of aromatic nitrogens is 2. The van der Waals surface area contributed by atoms with Gasteiger partial charge >= 0.3 is 0 Å². The van der Waals surface area contributed by atoms with Crippen LogP contribution in [0.5, 0.6) is 0 Å². The van der Waals surface area contributed by atoms with Crippen LogP contribution in [0.4, 0.5) is 5.69 Å². The fraction of sp³-hybridized carbons (Fsp3) is 0.0870. The Morgan fingerprint density at radius 3 is 2.40 bits per heavy atom. The molecule has 150 valence electrons. The van der Waals surface area contributed by atoms with Gasteiger partial charge in [0, 0.05) is 30.2 Å². The van der Waals surface area contributed by atoms with E-state index in [1.165, 1.54) is 6.26 Å². The van der Waals surface area contributed by atoms with Crippen molar-refractivity contribution in [1.82, 2.24) is 15.1 Å². The molecule has 2 amide bonds. The zero-order chi connectivity index (χ0) is 20.8. The van der Waals surface area contributed by atoms with E-state index in [2.05, 4.69) is 15.7 Å². The van der Waals surface area contributed by atoms with Gasteiger partial charge in [-0.15, -0.1) is 0 Å². The zero-order valence-electron chi connectivity index (χ0n) is 16.1. The van der Waals surface area contributed by atoms with E-state index in [9.17, 15) is 9.59 Å². The van der Waals surface area contributed by atoms with Crippen molar-refractivity contribution in [2.75, 3.05) is 5.32 Å². The lowest BCUT2D eigenvalue weighted by Crippen LogP contribution is -2.23. The topological polar surface area (TPSA) is 89.2 Å². The molecule has 4 rings (SSSR count). The lowest BCUT2D eigenvalue weighted by atomic mass is 10.1. The number of nitrogens with zero attached hydrogens (tertiary/aromatic N) is 2. The van der Waals surface area contributed by atoms with Gasteiger partial charge in [0.2, 0.25) is 0 Å². The van der Waals surface area contributed by atoms with Crippen molar-refractivity contribution in [3.05, 3.63) is 108 Å². The average Bonchev–Trinajstić information content (AvgIpc) is 3.48. The van der Waals surface area contributed by atoms with Crippen LogP contribution in [0.15, 0.2) is 89.8 Å². The van der Waals surface area contributed by atoms with E-state index in [4.69, 9.17) is 4.42 Å². The standard InChI is InChI=1S/C23H20N4O3/c28-22(17-8-10-20(11-9-17)26-23(29)21-7-3-14-30-21)24-15-18-5-1-2-6-19(18)16-27-13-4-12-25-27/h1-14H,15-16H2,(H,24,28)(H,26,29). The van der Waals surface area contributed by atoms with E-state index in [0.29, 0.717) is 24.3 Å². The number of hydrogen-bond acceptors (Lipinski definition) is 4. The molecule has 7 nitrogen and oxygen atoms in total. The summed E-state index contributed by atoms with van der Waals surface area (Å²) in [6.45, 7) is 1.05. The molecule has 0 aliphatic rings. The molecule has 4 aromatic rings. The number of carbonyl (C=O) groups is 2. The Morgan fingerprint density at radius 1 is 0.900 bits per heavy atom. The fourth-order valence-corrected chi connectivity index (χ4v) is 3.04. The first kappa shape index (κ1) is 19.2. The Kier molecular flexibility index (Phi) is 5.70. The second-order valence-electron chi connectivity index (χ2n) is 6.66. The number of carbonyl (C=O) groups excluding carboxylic acids is 2. The number of rotatable bonds is 7. The van der Waals surface area contributed by atoms with Gasteiger partial charge in [-0.3, -0.25) is 14.3 Å². The van der Waals surface area contributed by atoms with Gasteiger partial charge in [-0.1, -0.05) is 24.3 Å². The zero-order valence-corrected chi connectivity index (χ0v) is 16.1. The summed E-state index contributed by atoms with van der Waals surface area (Å²) in [6, 6.07) is 19.8. The van der Waals surface area contributed by atoms with Crippen LogP contribution in [0, 0.1) is 0 Å². The molecule has 0 aliphatic heterocycles. The van der Waals surface area contributed by atoms with Crippen molar-refractivity contribution in [2.24, 2.45) is 0 Å². The molecule has 2 aromatic heterocycles. The summed E-state index contributed by atoms with van der Waals surface area (Å²) >= 11 is 0. The van der Waals surface area contributed by atoms with Crippen molar-refractivity contribution in [2.45, 2.75) is 13.1 Å². The van der Waals surface area contributed by atoms with Crippen molar-refractivity contribution in [3.8, 4) is 0 Å². The molecule has 0 bridgehead atoms. The molecule has 7 heteroatoms. The van der Waals surface area contributed by atoms with Crippen LogP contribution >= 0.6 is 0 Å². The molecule has 0 atom stereocenters. The SMILES string of the molecule is O=C(NCc1ccccc1Cn1cccn1)c1ccc(NC(=O)c2ccco2)cc1. The smallest absolute Gasteiger partial charge is 0.291 e. The highest BCUT2D eigenvalue weighted by atomic mass is 16.3. The number of amides is 2. The van der Waals surface area contributed by atoms with Crippen molar-refractivity contribution >= 4 is 17.5 Å². The number of hydrogen-bond donors (Lipinski definition) is 2. The molecule has 2 heterocycles. The minimum absolute atomic E-state index is 0.187. The van der Waals surface area contributed by atoms with Crippen molar-refractivity contribution in [3.63, 3.8) is 0 Å². The van der Waals surface area contributed by atoms with Gasteiger partial charge in [0.15, 0.2) is 5.76 Å². The molecule has 30 heavy (non-hydrogen) atoms. The van der Waals surface area contributed by atoms with Gasteiger partial charge in [0.1, 0.15) is 0 Å². The molecule has 0 unspecified atom stereocenters. The monoisotopic (exact) mass is 400 g/mol. The normalized spacial score (nSPS) is 10.5. The number of nitrogens with one attached hydrogen (secondary N) is 2. The molecular weight excluding hydrogens is 380 g/mol. The summed E-state index contributed by atoms with van der Waals surface area (Å²) in [5.41, 5.74) is 3.22. The summed E-state index contributed by atoms with van der Waals surface area (Å²) in [7, 11) is 0. The third kappa shape index (κ3) is 4.64. The molecule has 0 aliphatic carbocycles. The quantitative estimate of drug-likeness (QED) is 0.495. The largest absolute Gasteiger partial charge is 0.459 e. The maximum absolute atomic E-state index is 12.5. The summed E-state index contributed by atoms with van der Waals surface area (Å²) in [4.78, 5) is 24.5. The van der Waals surface area contributed by atoms with Crippen molar-refractivity contribution < 1.29 is 14.0 Å². The Hall–Kier alpha value is -4.13. The summed E-state index contributed by atoms with van der Waals surface area (Å²) in [5, 5.41) is 9.90. The van der Waals surface area contributed by atoms with E-state index in [1.807, 2.05) is 41.2 Å². The highest BCUT2D eigenvalue weighted by molar-refractivity contribution is 6.02. The van der Waals surface area contributed by atoms with E-state index < -0.39 is 0 Å². The number of furan rings is 1. The Balaban J connectivity index is 1.36. The molecule has 0 saturated carbocycles. The second-order valence-corrected chi connectivity index (χ2v) is 6.66. The van der Waals surface area contributed by atoms with E-state index >= 15 is 0 Å². The summed E-state index contributed by atoms with van der Waals surface area (Å²) in [5.74, 6) is -0.301. The highest BCUT2D eigenvalue weighted by Crippen LogP contribution is 2.13. The summed E-state index contributed by atoms with van der Waals surface area (Å²) < 4.78 is 6.91. The second kappa shape index (κ2) is 8.91. The van der Waals surface area contributed by atoms with Crippen LogP contribution in [-0.2, 0) is 13.1 Å². The third-order valence-electron chi connectivity index (χ3n) is 4.60. The van der Waals surface area contributed by atoms with Crippen LogP contribution in [0.2, 0.25) is 0 Å². The van der Waals surface area contributed by atoms with Crippen molar-refractivity contribution in [1.29, 1.82) is 0 Å². The minimum atomic E-state index is -0.342. The Bertz CT molecular complexity index is 1120. The molecule has 0 saturated heterocycles. The lowest BCUT2D eigenvalue weighted by Gasteiger charge is -2.11. The first-order valence-corrected chi connectivity index (χ1v) is 9.46. The average molecular weight is 400 g/mol. The van der Waals surface area contributed by atoms with Crippen LogP contribution in [0.1, 0.15) is 32.0 Å². The maximum Gasteiger partial charge on any atom is 0.291 e. The van der Waals surface area contributed by atoms with Gasteiger partial charge in [0.25, 0.3) is 11.8 Å². The molecule has 2 aromatic carbocycles. The highest BCUT2D eigenvalue weighted by Gasteiger charge is 2.11. The fourth-order valence-electron chi connectivity index (χ4n) is 3.04. The molecule has 0 fully saturated rings. The van der Waals surface area contributed by atoms with Crippen LogP contribution in [0.3, 0.4) is 0 Å². The third-order valence-corrected chi connectivity index (χ3v) is 4.60. The molecule has 2 N–H and O–H groups in total. The summed E-state index contributed by atoms with van der Waals surface area (Å²) in [6.07, 6.45) is 5.09. The van der Waals surface area contributed by atoms with Crippen LogP contribution in [0.25, 0.3) is 0 Å². The molecular formula is C23H20N4O3. The number of anilines is 1. The molecule has 0 radical (unpaired) electrons. The van der Waals surface area contributed by atoms with Crippen LogP contribution in [-0.4, -0.2) is 21.6 Å². The Labute approximate surface area is 173 Å². The predicted octanol–water partition coefficient (Wildman–Crippen LogP) is 3.71. The Morgan fingerprint density at radius 2 is 1.70 bits per heavy atom.